The van der Waals surface area contributed by atoms with E-state index in [1.807, 2.05) is 0 Å². The lowest BCUT2D eigenvalue weighted by molar-refractivity contribution is -0.145. The lowest BCUT2D eigenvalue weighted by Gasteiger charge is -2.30. The first-order valence-corrected chi connectivity index (χ1v) is 4.59. The molecule has 1 fully saturated rings. The Kier molecular flexibility index (Phi) is 3.52. The Morgan fingerprint density at radius 1 is 1.57 bits per heavy atom. The lowest BCUT2D eigenvalue weighted by atomic mass is 9.98. The number of hydrogen-bond acceptors (Lipinski definition) is 2. The third-order valence-electron chi connectivity index (χ3n) is 2.38. The van der Waals surface area contributed by atoms with Crippen LogP contribution in [0.4, 0.5) is 0 Å². The highest BCUT2D eigenvalue weighted by Gasteiger charge is 2.27. The second-order valence-corrected chi connectivity index (χ2v) is 3.40. The zero-order valence-electron chi connectivity index (χ0n) is 7.90. The smallest absolute Gasteiger partial charge is 0.308 e. The van der Waals surface area contributed by atoms with E-state index in [2.05, 4.69) is 5.92 Å². The largest absolute Gasteiger partial charge is 0.481 e. The number of terminal acetylenes is 1. The van der Waals surface area contributed by atoms with Gasteiger partial charge in [-0.1, -0.05) is 5.92 Å². The molecule has 1 aliphatic heterocycles. The van der Waals surface area contributed by atoms with E-state index in [-0.39, 0.29) is 12.3 Å². The Bertz CT molecular complexity index is 280. The summed E-state index contributed by atoms with van der Waals surface area (Å²) in [5, 5.41) is 8.79. The quantitative estimate of drug-likeness (QED) is 0.646. The van der Waals surface area contributed by atoms with Crippen LogP contribution in [0, 0.1) is 18.3 Å². The van der Waals surface area contributed by atoms with E-state index in [1.165, 1.54) is 0 Å². The first-order valence-electron chi connectivity index (χ1n) is 4.59. The summed E-state index contributed by atoms with van der Waals surface area (Å²) in [4.78, 5) is 23.6. The van der Waals surface area contributed by atoms with Crippen molar-refractivity contribution < 1.29 is 14.7 Å². The van der Waals surface area contributed by atoms with Crippen LogP contribution in [0.5, 0.6) is 0 Å². The normalized spacial score (nSPS) is 21.4. The molecule has 1 amide bonds. The Morgan fingerprint density at radius 2 is 2.29 bits per heavy atom. The summed E-state index contributed by atoms with van der Waals surface area (Å²) in [6.07, 6.45) is 6.47. The second-order valence-electron chi connectivity index (χ2n) is 3.40. The minimum atomic E-state index is -0.830. The maximum Gasteiger partial charge on any atom is 0.308 e. The van der Waals surface area contributed by atoms with Crippen molar-refractivity contribution in [3.05, 3.63) is 0 Å². The van der Waals surface area contributed by atoms with E-state index in [0.29, 0.717) is 19.5 Å². The molecule has 76 valence electrons. The van der Waals surface area contributed by atoms with Crippen molar-refractivity contribution in [2.24, 2.45) is 5.92 Å². The Balaban J connectivity index is 2.52. The van der Waals surface area contributed by atoms with Crippen molar-refractivity contribution in [3.8, 4) is 12.3 Å². The van der Waals surface area contributed by atoms with E-state index in [0.717, 1.165) is 6.42 Å². The lowest BCUT2D eigenvalue weighted by Crippen LogP contribution is -2.42. The molecule has 0 aromatic rings. The summed E-state index contributed by atoms with van der Waals surface area (Å²) in [6.45, 7) is 0.931. The van der Waals surface area contributed by atoms with Crippen molar-refractivity contribution in [3.63, 3.8) is 0 Å². The van der Waals surface area contributed by atoms with E-state index < -0.39 is 11.9 Å². The standard InChI is InChI=1S/C10H13NO3/c1-2-4-9(12)11-6-3-5-8(7-11)10(13)14/h1,8H,3-7H2,(H,13,14)/t8-/m1/s1. The highest BCUT2D eigenvalue weighted by atomic mass is 16.4. The topological polar surface area (TPSA) is 57.6 Å². The van der Waals surface area contributed by atoms with Gasteiger partial charge in [-0.05, 0) is 12.8 Å². The third-order valence-corrected chi connectivity index (χ3v) is 2.38. The van der Waals surface area contributed by atoms with Crippen LogP contribution in [0.1, 0.15) is 19.3 Å². The Morgan fingerprint density at radius 3 is 2.86 bits per heavy atom. The molecule has 0 aromatic heterocycles. The molecule has 0 radical (unpaired) electrons. The zero-order valence-corrected chi connectivity index (χ0v) is 7.90. The van der Waals surface area contributed by atoms with Gasteiger partial charge in [0.1, 0.15) is 0 Å². The number of carboxylic acids is 1. The third kappa shape index (κ3) is 2.49. The maximum absolute atomic E-state index is 11.4. The first kappa shape index (κ1) is 10.6. The molecule has 0 spiro atoms. The highest BCUT2D eigenvalue weighted by molar-refractivity contribution is 5.79. The van der Waals surface area contributed by atoms with Gasteiger partial charge in [-0.25, -0.2) is 0 Å². The molecule has 0 unspecified atom stereocenters. The van der Waals surface area contributed by atoms with Gasteiger partial charge in [-0.3, -0.25) is 9.59 Å². The van der Waals surface area contributed by atoms with Gasteiger partial charge < -0.3 is 10.0 Å². The maximum atomic E-state index is 11.4. The fourth-order valence-corrected chi connectivity index (χ4v) is 1.60. The molecule has 1 saturated heterocycles. The summed E-state index contributed by atoms with van der Waals surface area (Å²) < 4.78 is 0. The van der Waals surface area contributed by atoms with Gasteiger partial charge in [0.15, 0.2) is 0 Å². The SMILES string of the molecule is C#CCC(=O)N1CCC[C@@H](C(=O)O)C1. The van der Waals surface area contributed by atoms with Crippen LogP contribution in [0.3, 0.4) is 0 Å². The first-order chi connectivity index (χ1) is 6.65. The molecule has 0 aromatic carbocycles. The molecular weight excluding hydrogens is 182 g/mol. The van der Waals surface area contributed by atoms with Gasteiger partial charge in [0.2, 0.25) is 5.91 Å². The predicted octanol–water partition coefficient (Wildman–Crippen LogP) is 0.333. The van der Waals surface area contributed by atoms with E-state index in [1.54, 1.807) is 4.90 Å². The minimum Gasteiger partial charge on any atom is -0.481 e. The molecule has 14 heavy (non-hydrogen) atoms. The van der Waals surface area contributed by atoms with Crippen molar-refractivity contribution in [1.82, 2.24) is 4.90 Å². The van der Waals surface area contributed by atoms with Gasteiger partial charge >= 0.3 is 5.97 Å². The molecule has 1 N–H and O–H groups in total. The van der Waals surface area contributed by atoms with Gasteiger partial charge in [0.05, 0.1) is 12.3 Å². The number of piperidine rings is 1. The molecule has 1 aliphatic rings. The van der Waals surface area contributed by atoms with Crippen LogP contribution >= 0.6 is 0 Å². The summed E-state index contributed by atoms with van der Waals surface area (Å²) >= 11 is 0. The predicted molar refractivity (Wildman–Crippen MR) is 50.4 cm³/mol. The summed E-state index contributed by atoms with van der Waals surface area (Å²) in [5.74, 6) is 0.874. The van der Waals surface area contributed by atoms with Crippen LogP contribution in [-0.2, 0) is 9.59 Å². The van der Waals surface area contributed by atoms with E-state index in [9.17, 15) is 9.59 Å². The average molecular weight is 195 g/mol. The number of carbonyl (C=O) groups excluding carboxylic acids is 1. The number of carbonyl (C=O) groups is 2. The number of carboxylic acid groups (broad SMARTS) is 1. The number of amides is 1. The zero-order chi connectivity index (χ0) is 10.6. The minimum absolute atomic E-state index is 0.0618. The highest BCUT2D eigenvalue weighted by Crippen LogP contribution is 2.16. The fourth-order valence-electron chi connectivity index (χ4n) is 1.60. The Labute approximate surface area is 82.9 Å². The van der Waals surface area contributed by atoms with Crippen molar-refractivity contribution >= 4 is 11.9 Å². The van der Waals surface area contributed by atoms with Crippen molar-refractivity contribution in [2.45, 2.75) is 19.3 Å². The van der Waals surface area contributed by atoms with Crippen molar-refractivity contribution in [1.29, 1.82) is 0 Å². The number of nitrogens with zero attached hydrogens (tertiary/aromatic N) is 1. The van der Waals surface area contributed by atoms with Gasteiger partial charge in [0.25, 0.3) is 0 Å². The van der Waals surface area contributed by atoms with Gasteiger partial charge in [0, 0.05) is 13.1 Å². The molecule has 0 saturated carbocycles. The number of hydrogen-bond donors (Lipinski definition) is 1. The molecule has 1 atom stereocenters. The summed E-state index contributed by atoms with van der Waals surface area (Å²) in [5.41, 5.74) is 0. The van der Waals surface area contributed by atoms with E-state index in [4.69, 9.17) is 11.5 Å². The van der Waals surface area contributed by atoms with E-state index >= 15 is 0 Å². The molecule has 0 bridgehead atoms. The molecule has 4 nitrogen and oxygen atoms in total. The van der Waals surface area contributed by atoms with Gasteiger partial charge in [-0.2, -0.15) is 0 Å². The van der Waals surface area contributed by atoms with Crippen LogP contribution in [0.15, 0.2) is 0 Å². The van der Waals surface area contributed by atoms with Crippen LogP contribution in [-0.4, -0.2) is 35.0 Å². The summed E-state index contributed by atoms with van der Waals surface area (Å²) in [6, 6.07) is 0. The van der Waals surface area contributed by atoms with Crippen LogP contribution < -0.4 is 0 Å². The summed E-state index contributed by atoms with van der Waals surface area (Å²) in [7, 11) is 0. The molecule has 1 heterocycles. The van der Waals surface area contributed by atoms with Gasteiger partial charge in [-0.15, -0.1) is 6.42 Å². The molecular formula is C10H13NO3. The molecule has 4 heteroatoms. The monoisotopic (exact) mass is 195 g/mol. The number of likely N-dealkylation sites (tertiary alicyclic amines) is 1. The van der Waals surface area contributed by atoms with Crippen LogP contribution in [0.2, 0.25) is 0 Å². The van der Waals surface area contributed by atoms with Crippen LogP contribution in [0.25, 0.3) is 0 Å². The second kappa shape index (κ2) is 4.66. The number of aliphatic carboxylic acids is 1. The average Bonchev–Trinajstić information content (AvgIpc) is 2.18. The molecule has 1 rings (SSSR count). The van der Waals surface area contributed by atoms with Crippen molar-refractivity contribution in [2.75, 3.05) is 13.1 Å². The number of rotatable bonds is 2. The fraction of sp³-hybridized carbons (Fsp3) is 0.600. The Hall–Kier alpha value is -1.50. The molecule has 0 aliphatic carbocycles.